The minimum Gasteiger partial charge on any atom is -0.507 e. The van der Waals surface area contributed by atoms with Gasteiger partial charge in [0.25, 0.3) is 0 Å². The zero-order chi connectivity index (χ0) is 13.3. The van der Waals surface area contributed by atoms with Crippen molar-refractivity contribution in [3.63, 3.8) is 0 Å². The maximum Gasteiger partial charge on any atom is 0.124 e. The molecule has 1 heterocycles. The number of benzene rings is 1. The highest BCUT2D eigenvalue weighted by Crippen LogP contribution is 2.15. The minimum atomic E-state index is 0.272. The largest absolute Gasteiger partial charge is 0.507 e. The maximum atomic E-state index is 9.56. The molecule has 0 aliphatic rings. The molecule has 0 spiro atoms. The van der Waals surface area contributed by atoms with E-state index in [2.05, 4.69) is 9.98 Å². The first-order chi connectivity index (χ1) is 9.36. The average Bonchev–Trinajstić information content (AvgIpc) is 2.45. The molecule has 2 rings (SSSR count). The van der Waals surface area contributed by atoms with Gasteiger partial charge in [-0.1, -0.05) is 18.2 Å². The van der Waals surface area contributed by atoms with Crippen LogP contribution in [0.3, 0.4) is 0 Å². The van der Waals surface area contributed by atoms with Crippen molar-refractivity contribution in [2.24, 2.45) is 4.99 Å². The normalized spacial score (nSPS) is 10.9. The molecule has 0 amide bonds. The molecular weight excluding hydrogens is 256 g/mol. The summed E-state index contributed by atoms with van der Waals surface area (Å²) in [4.78, 5) is 8.56. The van der Waals surface area contributed by atoms with Crippen LogP contribution in [0.4, 0.5) is 0 Å². The maximum absolute atomic E-state index is 9.56. The summed E-state index contributed by atoms with van der Waals surface area (Å²) >= 11 is 1.74. The zero-order valence-electron chi connectivity index (χ0n) is 10.6. The lowest BCUT2D eigenvalue weighted by Crippen LogP contribution is -1.88. The van der Waals surface area contributed by atoms with E-state index in [9.17, 15) is 5.11 Å². The number of hydrogen-bond donors (Lipinski definition) is 1. The number of aromatic hydroxyl groups is 1. The lowest BCUT2D eigenvalue weighted by molar-refractivity contribution is 0.474. The van der Waals surface area contributed by atoms with Crippen molar-refractivity contribution in [2.75, 3.05) is 12.3 Å². The van der Waals surface area contributed by atoms with E-state index in [1.165, 1.54) is 0 Å². The highest BCUT2D eigenvalue weighted by atomic mass is 32.2. The molecule has 2 aromatic rings. The Hall–Kier alpha value is -1.81. The summed E-state index contributed by atoms with van der Waals surface area (Å²) in [6.07, 6.45) is 4.52. The van der Waals surface area contributed by atoms with Gasteiger partial charge < -0.3 is 5.11 Å². The van der Waals surface area contributed by atoms with E-state index in [0.29, 0.717) is 0 Å². The Balaban J connectivity index is 1.68. The Morgan fingerprint density at radius 1 is 1.16 bits per heavy atom. The van der Waals surface area contributed by atoms with Gasteiger partial charge in [0.15, 0.2) is 0 Å². The molecule has 19 heavy (non-hydrogen) atoms. The van der Waals surface area contributed by atoms with Crippen LogP contribution in [0.15, 0.2) is 58.7 Å². The minimum absolute atomic E-state index is 0.272. The van der Waals surface area contributed by atoms with Crippen LogP contribution in [0, 0.1) is 0 Å². The summed E-state index contributed by atoms with van der Waals surface area (Å²) in [5.74, 6) is 1.27. The monoisotopic (exact) mass is 272 g/mol. The predicted octanol–water partition coefficient (Wildman–Crippen LogP) is 3.39. The van der Waals surface area contributed by atoms with E-state index in [1.807, 2.05) is 30.3 Å². The van der Waals surface area contributed by atoms with Gasteiger partial charge >= 0.3 is 0 Å². The van der Waals surface area contributed by atoms with Crippen LogP contribution in [-0.4, -0.2) is 28.6 Å². The molecule has 0 aliphatic heterocycles. The van der Waals surface area contributed by atoms with Crippen molar-refractivity contribution in [3.8, 4) is 5.75 Å². The molecule has 0 atom stereocenters. The van der Waals surface area contributed by atoms with E-state index in [0.717, 1.165) is 29.3 Å². The molecule has 1 aromatic heterocycles. The average molecular weight is 272 g/mol. The van der Waals surface area contributed by atoms with E-state index >= 15 is 0 Å². The van der Waals surface area contributed by atoms with Gasteiger partial charge in [-0.15, -0.1) is 11.8 Å². The van der Waals surface area contributed by atoms with Crippen molar-refractivity contribution >= 4 is 18.0 Å². The topological polar surface area (TPSA) is 45.5 Å². The van der Waals surface area contributed by atoms with Crippen molar-refractivity contribution in [3.05, 3.63) is 54.2 Å². The van der Waals surface area contributed by atoms with Crippen molar-refractivity contribution in [2.45, 2.75) is 11.4 Å². The molecule has 0 radical (unpaired) electrons. The number of thioether (sulfide) groups is 1. The fourth-order valence-electron chi connectivity index (χ4n) is 1.52. The summed E-state index contributed by atoms with van der Waals surface area (Å²) < 4.78 is 0. The third-order valence-corrected chi connectivity index (χ3v) is 3.52. The Morgan fingerprint density at radius 2 is 2.00 bits per heavy atom. The molecular formula is C15H16N2OS. The summed E-state index contributed by atoms with van der Waals surface area (Å²) in [6, 6.07) is 13.1. The molecule has 0 unspecified atom stereocenters. The fourth-order valence-corrected chi connectivity index (χ4v) is 2.32. The Kier molecular flexibility index (Phi) is 5.44. The smallest absolute Gasteiger partial charge is 0.124 e. The molecule has 0 saturated heterocycles. The lowest BCUT2D eigenvalue weighted by atomic mass is 10.2. The van der Waals surface area contributed by atoms with E-state index in [1.54, 1.807) is 36.3 Å². The van der Waals surface area contributed by atoms with E-state index < -0.39 is 0 Å². The highest BCUT2D eigenvalue weighted by Gasteiger charge is 1.95. The number of nitrogens with zero attached hydrogens (tertiary/aromatic N) is 2. The third kappa shape index (κ3) is 4.75. The number of phenols is 1. The second-order valence-corrected chi connectivity index (χ2v) is 5.08. The summed E-state index contributed by atoms with van der Waals surface area (Å²) in [5.41, 5.74) is 0.764. The summed E-state index contributed by atoms with van der Waals surface area (Å²) in [6.45, 7) is 0.758. The molecule has 98 valence electrons. The first-order valence-corrected chi connectivity index (χ1v) is 7.16. The SMILES string of the molecule is Oc1ccccc1C=NCCCSc1ccccn1. The number of hydrogen-bond acceptors (Lipinski definition) is 4. The van der Waals surface area contributed by atoms with Crippen LogP contribution in [0.1, 0.15) is 12.0 Å². The van der Waals surface area contributed by atoms with Crippen molar-refractivity contribution in [1.82, 2.24) is 4.98 Å². The zero-order valence-corrected chi connectivity index (χ0v) is 11.4. The van der Waals surface area contributed by atoms with Gasteiger partial charge in [0.05, 0.1) is 5.03 Å². The van der Waals surface area contributed by atoms with Gasteiger partial charge in [-0.25, -0.2) is 4.98 Å². The number of para-hydroxylation sites is 1. The predicted molar refractivity (Wildman–Crippen MR) is 80.1 cm³/mol. The number of aromatic nitrogens is 1. The molecule has 1 N–H and O–H groups in total. The van der Waals surface area contributed by atoms with Crippen LogP contribution >= 0.6 is 11.8 Å². The summed E-state index contributed by atoms with van der Waals surface area (Å²) in [5, 5.41) is 10.6. The second-order valence-electron chi connectivity index (χ2n) is 3.96. The van der Waals surface area contributed by atoms with Crippen LogP contribution in [-0.2, 0) is 0 Å². The third-order valence-electron chi connectivity index (χ3n) is 2.49. The molecule has 0 fully saturated rings. The number of aliphatic imine (C=N–C) groups is 1. The Bertz CT molecular complexity index is 529. The number of pyridine rings is 1. The lowest BCUT2D eigenvalue weighted by Gasteiger charge is -1.99. The number of rotatable bonds is 6. The molecule has 3 nitrogen and oxygen atoms in total. The Morgan fingerprint density at radius 3 is 2.79 bits per heavy atom. The molecule has 4 heteroatoms. The van der Waals surface area contributed by atoms with Gasteiger partial charge in [-0.2, -0.15) is 0 Å². The van der Waals surface area contributed by atoms with Gasteiger partial charge in [-0.3, -0.25) is 4.99 Å². The quantitative estimate of drug-likeness (QED) is 0.498. The highest BCUT2D eigenvalue weighted by molar-refractivity contribution is 7.99. The molecule has 0 aliphatic carbocycles. The van der Waals surface area contributed by atoms with Gasteiger partial charge in [-0.05, 0) is 30.7 Å². The van der Waals surface area contributed by atoms with Crippen LogP contribution in [0.5, 0.6) is 5.75 Å². The summed E-state index contributed by atoms with van der Waals surface area (Å²) in [7, 11) is 0. The molecule has 1 aromatic carbocycles. The Labute approximate surface area is 117 Å². The molecule has 0 saturated carbocycles. The first kappa shape index (κ1) is 13.6. The second kappa shape index (κ2) is 7.59. The van der Waals surface area contributed by atoms with E-state index in [4.69, 9.17) is 0 Å². The van der Waals surface area contributed by atoms with Gasteiger partial charge in [0.1, 0.15) is 5.75 Å². The van der Waals surface area contributed by atoms with E-state index in [-0.39, 0.29) is 5.75 Å². The fraction of sp³-hybridized carbons (Fsp3) is 0.200. The van der Waals surface area contributed by atoms with Gasteiger partial charge in [0, 0.05) is 30.3 Å². The van der Waals surface area contributed by atoms with Crippen LogP contribution in [0.2, 0.25) is 0 Å². The van der Waals surface area contributed by atoms with Crippen LogP contribution < -0.4 is 0 Å². The standard InChI is InChI=1S/C15H16N2OS/c18-14-7-2-1-6-13(14)12-16-9-5-11-19-15-8-3-4-10-17-15/h1-4,6-8,10,12,18H,5,9,11H2. The van der Waals surface area contributed by atoms with Crippen LogP contribution in [0.25, 0.3) is 0 Å². The van der Waals surface area contributed by atoms with Crippen molar-refractivity contribution in [1.29, 1.82) is 0 Å². The number of phenolic OH excluding ortho intramolecular Hbond substituents is 1. The molecule has 0 bridgehead atoms. The van der Waals surface area contributed by atoms with Gasteiger partial charge in [0.2, 0.25) is 0 Å². The van der Waals surface area contributed by atoms with Crippen molar-refractivity contribution < 1.29 is 5.11 Å². The first-order valence-electron chi connectivity index (χ1n) is 6.18.